The van der Waals surface area contributed by atoms with Crippen LogP contribution in [0.5, 0.6) is 0 Å². The molecule has 8 heteroatoms. The Morgan fingerprint density at radius 2 is 2.19 bits per heavy atom. The summed E-state index contributed by atoms with van der Waals surface area (Å²) in [5, 5.41) is 8.25. The number of sulfonamides is 1. The van der Waals surface area contributed by atoms with Crippen molar-refractivity contribution in [2.45, 2.75) is 18.7 Å². The number of nitrogens with one attached hydrogen (secondary N) is 1. The lowest BCUT2D eigenvalue weighted by Crippen LogP contribution is -2.52. The van der Waals surface area contributed by atoms with Crippen LogP contribution >= 0.6 is 12.4 Å². The highest BCUT2D eigenvalue weighted by Crippen LogP contribution is 2.13. The van der Waals surface area contributed by atoms with Gasteiger partial charge >= 0.3 is 0 Å². The molecule has 0 radical (unpaired) electrons. The minimum absolute atomic E-state index is 0. The molecule has 3 N–H and O–H groups in total. The maximum Gasteiger partial charge on any atom is 0.254 e. The van der Waals surface area contributed by atoms with Crippen molar-refractivity contribution >= 4 is 28.3 Å². The van der Waals surface area contributed by atoms with Gasteiger partial charge in [-0.3, -0.25) is 4.79 Å². The molecule has 1 heterocycles. The predicted octanol–water partition coefficient (Wildman–Crippen LogP) is 0.331. The van der Waals surface area contributed by atoms with Crippen LogP contribution in [0.25, 0.3) is 0 Å². The fourth-order valence-electron chi connectivity index (χ4n) is 2.34. The number of benzene rings is 1. The second kappa shape index (κ2) is 7.22. The number of carbonyl (C=O) groups is 1. The molecule has 6 nitrogen and oxygen atoms in total. The SMILES string of the molecule is C[C@H]1CNCCN1C(=O)c1cccc(CS(N)(=O)=O)c1.Cl. The Morgan fingerprint density at radius 3 is 2.81 bits per heavy atom. The summed E-state index contributed by atoms with van der Waals surface area (Å²) in [5.41, 5.74) is 1.03. The molecule has 0 bridgehead atoms. The third-order valence-corrected chi connectivity index (χ3v) is 4.04. The first-order valence-corrected chi connectivity index (χ1v) is 8.19. The highest BCUT2D eigenvalue weighted by molar-refractivity contribution is 7.88. The summed E-state index contributed by atoms with van der Waals surface area (Å²) in [7, 11) is -3.59. The maximum absolute atomic E-state index is 12.4. The van der Waals surface area contributed by atoms with E-state index in [1.54, 1.807) is 29.2 Å². The summed E-state index contributed by atoms with van der Waals surface area (Å²) < 4.78 is 22.2. The minimum Gasteiger partial charge on any atom is -0.333 e. The summed E-state index contributed by atoms with van der Waals surface area (Å²) in [6.07, 6.45) is 0. The Hall–Kier alpha value is -1.15. The number of hydrogen-bond donors (Lipinski definition) is 2. The zero-order valence-corrected chi connectivity index (χ0v) is 13.4. The summed E-state index contributed by atoms with van der Waals surface area (Å²) in [6.45, 7) is 4.17. The fraction of sp³-hybridized carbons (Fsp3) is 0.462. The molecule has 0 unspecified atom stereocenters. The van der Waals surface area contributed by atoms with Crippen LogP contribution in [0.3, 0.4) is 0 Å². The standard InChI is InChI=1S/C13H19N3O3S.ClH/c1-10-8-15-5-6-16(10)13(17)12-4-2-3-11(7-12)9-20(14,18)19;/h2-4,7,10,15H,5-6,8-9H2,1H3,(H2,14,18,19);1H/t10-;/m0./s1. The van der Waals surface area contributed by atoms with Gasteiger partial charge < -0.3 is 10.2 Å². The van der Waals surface area contributed by atoms with E-state index in [9.17, 15) is 13.2 Å². The molecule has 0 aromatic heterocycles. The van der Waals surface area contributed by atoms with Gasteiger partial charge in [0.25, 0.3) is 5.91 Å². The highest BCUT2D eigenvalue weighted by Gasteiger charge is 2.24. The van der Waals surface area contributed by atoms with Crippen LogP contribution in [-0.4, -0.2) is 44.9 Å². The van der Waals surface area contributed by atoms with E-state index in [1.165, 1.54) is 0 Å². The van der Waals surface area contributed by atoms with E-state index in [1.807, 2.05) is 6.92 Å². The van der Waals surface area contributed by atoms with E-state index >= 15 is 0 Å². The summed E-state index contributed by atoms with van der Waals surface area (Å²) in [6, 6.07) is 6.76. The molecule has 0 spiro atoms. The molecule has 1 aliphatic rings. The number of nitrogens with two attached hydrogens (primary N) is 1. The van der Waals surface area contributed by atoms with E-state index in [0.717, 1.165) is 13.1 Å². The van der Waals surface area contributed by atoms with Gasteiger partial charge in [0.15, 0.2) is 0 Å². The lowest BCUT2D eigenvalue weighted by Gasteiger charge is -2.34. The van der Waals surface area contributed by atoms with Crippen molar-refractivity contribution in [1.82, 2.24) is 10.2 Å². The number of carbonyl (C=O) groups excluding carboxylic acids is 1. The smallest absolute Gasteiger partial charge is 0.254 e. The number of hydrogen-bond acceptors (Lipinski definition) is 4. The molecule has 1 saturated heterocycles. The van der Waals surface area contributed by atoms with Crippen LogP contribution < -0.4 is 10.5 Å². The van der Waals surface area contributed by atoms with Gasteiger partial charge in [0.1, 0.15) is 0 Å². The molecule has 1 aromatic rings. The molecule has 21 heavy (non-hydrogen) atoms. The van der Waals surface area contributed by atoms with Crippen LogP contribution in [-0.2, 0) is 15.8 Å². The summed E-state index contributed by atoms with van der Waals surface area (Å²) in [5.74, 6) is -0.333. The largest absolute Gasteiger partial charge is 0.333 e. The van der Waals surface area contributed by atoms with Gasteiger partial charge in [-0.25, -0.2) is 13.6 Å². The first-order valence-electron chi connectivity index (χ1n) is 6.48. The van der Waals surface area contributed by atoms with Crippen molar-refractivity contribution in [3.8, 4) is 0 Å². The van der Waals surface area contributed by atoms with Gasteiger partial charge in [0, 0.05) is 31.2 Å². The first kappa shape index (κ1) is 17.9. The van der Waals surface area contributed by atoms with E-state index in [-0.39, 0.29) is 30.1 Å². The molecule has 1 atom stereocenters. The van der Waals surface area contributed by atoms with Gasteiger partial charge in [-0.1, -0.05) is 12.1 Å². The van der Waals surface area contributed by atoms with Crippen LogP contribution in [0, 0.1) is 0 Å². The number of primary sulfonamides is 1. The quantitative estimate of drug-likeness (QED) is 0.833. The molecule has 0 aliphatic carbocycles. The minimum atomic E-state index is -3.59. The van der Waals surface area contributed by atoms with Crippen LogP contribution in [0.15, 0.2) is 24.3 Å². The van der Waals surface area contributed by atoms with Crippen LogP contribution in [0.2, 0.25) is 0 Å². The molecule has 1 amide bonds. The molecule has 118 valence electrons. The summed E-state index contributed by atoms with van der Waals surface area (Å²) in [4.78, 5) is 14.2. The molecular formula is C13H20ClN3O3S. The number of rotatable bonds is 3. The van der Waals surface area contributed by atoms with Gasteiger partial charge in [0.2, 0.25) is 10.0 Å². The zero-order chi connectivity index (χ0) is 14.8. The van der Waals surface area contributed by atoms with Gasteiger partial charge in [-0.15, -0.1) is 12.4 Å². The first-order chi connectivity index (χ1) is 9.37. The number of nitrogens with zero attached hydrogens (tertiary/aromatic N) is 1. The van der Waals surface area contributed by atoms with E-state index < -0.39 is 10.0 Å². The van der Waals surface area contributed by atoms with Crippen molar-refractivity contribution < 1.29 is 13.2 Å². The number of piperazine rings is 1. The lowest BCUT2D eigenvalue weighted by molar-refractivity contribution is 0.0655. The second-order valence-corrected chi connectivity index (χ2v) is 6.67. The number of halogens is 1. The summed E-state index contributed by atoms with van der Waals surface area (Å²) >= 11 is 0. The van der Waals surface area contributed by atoms with Gasteiger partial charge in [0.05, 0.1) is 5.75 Å². The molecule has 1 aromatic carbocycles. The fourth-order valence-corrected chi connectivity index (χ4v) is 2.98. The Morgan fingerprint density at radius 1 is 1.48 bits per heavy atom. The Balaban J connectivity index is 0.00000220. The normalized spacial score (nSPS) is 19.0. The van der Waals surface area contributed by atoms with Crippen LogP contribution in [0.4, 0.5) is 0 Å². The van der Waals surface area contributed by atoms with Crippen molar-refractivity contribution in [3.05, 3.63) is 35.4 Å². The molecular weight excluding hydrogens is 314 g/mol. The molecule has 1 fully saturated rings. The molecule has 1 aliphatic heterocycles. The molecule has 0 saturated carbocycles. The van der Waals surface area contributed by atoms with Gasteiger partial charge in [-0.05, 0) is 24.6 Å². The zero-order valence-electron chi connectivity index (χ0n) is 11.8. The topological polar surface area (TPSA) is 92.5 Å². The Bertz CT molecular complexity index is 606. The highest BCUT2D eigenvalue weighted by atomic mass is 35.5. The van der Waals surface area contributed by atoms with Crippen molar-refractivity contribution in [1.29, 1.82) is 0 Å². The van der Waals surface area contributed by atoms with Crippen molar-refractivity contribution in [2.24, 2.45) is 5.14 Å². The van der Waals surface area contributed by atoms with Gasteiger partial charge in [-0.2, -0.15) is 0 Å². The average molecular weight is 334 g/mol. The Labute approximate surface area is 131 Å². The van der Waals surface area contributed by atoms with E-state index in [2.05, 4.69) is 5.32 Å². The Kier molecular flexibility index (Phi) is 6.15. The predicted molar refractivity (Wildman–Crippen MR) is 83.9 cm³/mol. The second-order valence-electron chi connectivity index (χ2n) is 5.06. The maximum atomic E-state index is 12.4. The third-order valence-electron chi connectivity index (χ3n) is 3.30. The van der Waals surface area contributed by atoms with Crippen molar-refractivity contribution in [3.63, 3.8) is 0 Å². The number of amides is 1. The van der Waals surface area contributed by atoms with E-state index in [0.29, 0.717) is 17.7 Å². The third kappa shape index (κ3) is 4.96. The monoisotopic (exact) mass is 333 g/mol. The van der Waals surface area contributed by atoms with E-state index in [4.69, 9.17) is 5.14 Å². The van der Waals surface area contributed by atoms with Crippen LogP contribution in [0.1, 0.15) is 22.8 Å². The lowest BCUT2D eigenvalue weighted by atomic mass is 10.1. The molecule has 2 rings (SSSR count). The average Bonchev–Trinajstić information content (AvgIpc) is 2.37. The van der Waals surface area contributed by atoms with Crippen molar-refractivity contribution in [2.75, 3.05) is 19.6 Å².